The van der Waals surface area contributed by atoms with Gasteiger partial charge in [0.15, 0.2) is 0 Å². The van der Waals surface area contributed by atoms with Crippen molar-refractivity contribution in [3.8, 4) is 0 Å². The van der Waals surface area contributed by atoms with Crippen LogP contribution in [0.25, 0.3) is 0 Å². The molecule has 2 amide bonds. The van der Waals surface area contributed by atoms with Crippen molar-refractivity contribution in [1.29, 1.82) is 0 Å². The zero-order chi connectivity index (χ0) is 9.14. The maximum atomic E-state index is 10.8. The van der Waals surface area contributed by atoms with Crippen molar-refractivity contribution in [1.82, 2.24) is 5.06 Å². The second-order valence-corrected chi connectivity index (χ2v) is 2.48. The first kappa shape index (κ1) is 9.05. The van der Waals surface area contributed by atoms with E-state index in [0.29, 0.717) is 5.06 Å². The van der Waals surface area contributed by atoms with Crippen LogP contribution >= 0.6 is 12.6 Å². The summed E-state index contributed by atoms with van der Waals surface area (Å²) in [5.74, 6) is -2.00. The Kier molecular flexibility index (Phi) is 2.69. The summed E-state index contributed by atoms with van der Waals surface area (Å²) in [6, 6.07) is 0. The van der Waals surface area contributed by atoms with E-state index in [1.807, 2.05) is 0 Å². The topological polar surface area (TPSA) is 63.7 Å². The van der Waals surface area contributed by atoms with Crippen molar-refractivity contribution >= 4 is 30.4 Å². The number of rotatable bonds is 2. The van der Waals surface area contributed by atoms with Gasteiger partial charge in [0.05, 0.1) is 0 Å². The van der Waals surface area contributed by atoms with E-state index >= 15 is 0 Å². The first-order chi connectivity index (χ1) is 5.65. The van der Waals surface area contributed by atoms with Crippen LogP contribution in [0.5, 0.6) is 0 Å². The van der Waals surface area contributed by atoms with E-state index in [1.165, 1.54) is 0 Å². The molecular formula is C6H6NO4S. The van der Waals surface area contributed by atoms with Crippen molar-refractivity contribution in [2.75, 3.05) is 5.75 Å². The fourth-order valence-corrected chi connectivity index (χ4v) is 0.839. The summed E-state index contributed by atoms with van der Waals surface area (Å²) in [5, 5.41) is 0.481. The first-order valence-corrected chi connectivity index (χ1v) is 3.87. The van der Waals surface area contributed by atoms with Gasteiger partial charge in [-0.25, -0.2) is 4.79 Å². The molecular weight excluding hydrogens is 182 g/mol. The van der Waals surface area contributed by atoms with Crippen LogP contribution in [0.15, 0.2) is 0 Å². The van der Waals surface area contributed by atoms with Crippen LogP contribution in [0.2, 0.25) is 0 Å². The van der Waals surface area contributed by atoms with Crippen molar-refractivity contribution < 1.29 is 19.2 Å². The van der Waals surface area contributed by atoms with Gasteiger partial charge in [0.1, 0.15) is 5.75 Å². The molecule has 1 heterocycles. The van der Waals surface area contributed by atoms with Crippen molar-refractivity contribution in [3.63, 3.8) is 0 Å². The van der Waals surface area contributed by atoms with Gasteiger partial charge < -0.3 is 4.84 Å². The van der Waals surface area contributed by atoms with E-state index in [1.54, 1.807) is 0 Å². The largest absolute Gasteiger partial charge is 0.343 e. The number of carbonyl (C=O) groups is 3. The highest BCUT2D eigenvalue weighted by Gasteiger charge is 2.32. The fraction of sp³-hybridized carbons (Fsp3) is 0.500. The maximum Gasteiger partial charge on any atom is 0.343 e. The van der Waals surface area contributed by atoms with E-state index in [4.69, 9.17) is 0 Å². The van der Waals surface area contributed by atoms with Crippen LogP contribution in [-0.4, -0.2) is 28.6 Å². The summed E-state index contributed by atoms with van der Waals surface area (Å²) >= 11 is 4.36. The van der Waals surface area contributed by atoms with E-state index in [-0.39, 0.29) is 18.6 Å². The highest BCUT2D eigenvalue weighted by Crippen LogP contribution is 2.11. The normalized spacial score (nSPS) is 16.9. The summed E-state index contributed by atoms with van der Waals surface area (Å²) in [4.78, 5) is 36.6. The fourth-order valence-electron chi connectivity index (χ4n) is 0.786. The molecule has 1 saturated heterocycles. The smallest absolute Gasteiger partial charge is 0.329 e. The summed E-state index contributed by atoms with van der Waals surface area (Å²) in [5.41, 5.74) is 0. The quantitative estimate of drug-likeness (QED) is 0.562. The van der Waals surface area contributed by atoms with Gasteiger partial charge in [-0.2, -0.15) is 0 Å². The average molecular weight is 188 g/mol. The molecule has 1 aliphatic heterocycles. The predicted molar refractivity (Wildman–Crippen MR) is 39.6 cm³/mol. The lowest BCUT2D eigenvalue weighted by atomic mass is 10.4. The van der Waals surface area contributed by atoms with Gasteiger partial charge in [0.2, 0.25) is 0 Å². The number of nitrogens with zero attached hydrogens (tertiary/aromatic N) is 1. The first-order valence-electron chi connectivity index (χ1n) is 3.30. The molecule has 0 aromatic heterocycles. The molecule has 0 unspecified atom stereocenters. The predicted octanol–water partition coefficient (Wildman–Crippen LogP) is -0.209. The zero-order valence-electron chi connectivity index (χ0n) is 6.11. The molecule has 0 aromatic rings. The second kappa shape index (κ2) is 3.57. The van der Waals surface area contributed by atoms with E-state index < -0.39 is 17.8 Å². The van der Waals surface area contributed by atoms with Crippen LogP contribution in [-0.2, 0) is 19.2 Å². The minimum Gasteiger partial charge on any atom is -0.329 e. The molecule has 0 aliphatic carbocycles. The Bertz CT molecular complexity index is 224. The van der Waals surface area contributed by atoms with Gasteiger partial charge in [0, 0.05) is 12.8 Å². The summed E-state index contributed by atoms with van der Waals surface area (Å²) in [6.07, 6.45) is 0.201. The molecule has 65 valence electrons. The SMILES string of the molecule is O=C(C[S])ON1C(=O)CCC1=O. The highest BCUT2D eigenvalue weighted by atomic mass is 32.1. The lowest BCUT2D eigenvalue weighted by Crippen LogP contribution is -2.32. The van der Waals surface area contributed by atoms with Crippen molar-refractivity contribution in [3.05, 3.63) is 0 Å². The summed E-state index contributed by atoms with van der Waals surface area (Å²) in [7, 11) is 0. The van der Waals surface area contributed by atoms with Crippen LogP contribution in [0.1, 0.15) is 12.8 Å². The number of imide groups is 1. The third-order valence-corrected chi connectivity index (χ3v) is 1.55. The zero-order valence-corrected chi connectivity index (χ0v) is 6.93. The summed E-state index contributed by atoms with van der Waals surface area (Å²) in [6.45, 7) is 0. The van der Waals surface area contributed by atoms with Crippen LogP contribution in [0.3, 0.4) is 0 Å². The highest BCUT2D eigenvalue weighted by molar-refractivity contribution is 7.81. The molecule has 0 spiro atoms. The van der Waals surface area contributed by atoms with Gasteiger partial charge in [-0.1, -0.05) is 12.6 Å². The molecule has 5 nitrogen and oxygen atoms in total. The van der Waals surface area contributed by atoms with E-state index in [9.17, 15) is 14.4 Å². The molecule has 0 atom stereocenters. The van der Waals surface area contributed by atoms with E-state index in [0.717, 1.165) is 0 Å². The van der Waals surface area contributed by atoms with E-state index in [2.05, 4.69) is 17.5 Å². The second-order valence-electron chi connectivity index (χ2n) is 2.19. The van der Waals surface area contributed by atoms with Crippen LogP contribution < -0.4 is 0 Å². The minimum atomic E-state index is -0.756. The van der Waals surface area contributed by atoms with Gasteiger partial charge in [-0.15, -0.1) is 5.06 Å². The molecule has 0 N–H and O–H groups in total. The number of hydrogen-bond donors (Lipinski definition) is 0. The molecule has 12 heavy (non-hydrogen) atoms. The standard InChI is InChI=1S/C6H6NO4S/c8-4-1-2-5(9)7(4)11-6(10)3-12/h1-3H2. The van der Waals surface area contributed by atoms with Crippen LogP contribution in [0.4, 0.5) is 0 Å². The Morgan fingerprint density at radius 2 is 1.92 bits per heavy atom. The Morgan fingerprint density at radius 3 is 2.33 bits per heavy atom. The van der Waals surface area contributed by atoms with Crippen molar-refractivity contribution in [2.45, 2.75) is 12.8 Å². The lowest BCUT2D eigenvalue weighted by molar-refractivity contribution is -0.195. The van der Waals surface area contributed by atoms with Gasteiger partial charge in [-0.3, -0.25) is 9.59 Å². The van der Waals surface area contributed by atoms with Gasteiger partial charge in [0.25, 0.3) is 11.8 Å². The maximum absolute atomic E-state index is 10.8. The molecule has 1 fully saturated rings. The van der Waals surface area contributed by atoms with Gasteiger partial charge >= 0.3 is 5.97 Å². The summed E-state index contributed by atoms with van der Waals surface area (Å²) < 4.78 is 0. The minimum absolute atomic E-state index is 0.101. The third kappa shape index (κ3) is 1.76. The van der Waals surface area contributed by atoms with Crippen LogP contribution in [0, 0.1) is 0 Å². The number of amides is 2. The molecule has 0 bridgehead atoms. The Morgan fingerprint density at radius 1 is 1.42 bits per heavy atom. The monoisotopic (exact) mass is 188 g/mol. The van der Waals surface area contributed by atoms with Crippen molar-refractivity contribution in [2.24, 2.45) is 0 Å². The molecule has 0 aromatic carbocycles. The van der Waals surface area contributed by atoms with Gasteiger partial charge in [-0.05, 0) is 0 Å². The molecule has 1 radical (unpaired) electrons. The Hall–Kier alpha value is -1.04. The average Bonchev–Trinajstić information content (AvgIpc) is 2.35. The lowest BCUT2D eigenvalue weighted by Gasteiger charge is -2.10. The Labute approximate surface area is 74.0 Å². The molecule has 1 aliphatic rings. The molecule has 1 rings (SSSR count). The number of hydroxylamine groups is 2. The molecule has 0 saturated carbocycles. The molecule has 6 heteroatoms. The Balaban J connectivity index is 2.56. The number of carbonyl (C=O) groups excluding carboxylic acids is 3. The third-order valence-electron chi connectivity index (χ3n) is 1.32. The number of hydrogen-bond acceptors (Lipinski definition) is 4.